The van der Waals surface area contributed by atoms with Gasteiger partial charge in [-0.05, 0) is 24.8 Å². The van der Waals surface area contributed by atoms with Crippen LogP contribution in [0.25, 0.3) is 0 Å². The van der Waals surface area contributed by atoms with E-state index in [4.69, 9.17) is 4.74 Å². The van der Waals surface area contributed by atoms with Gasteiger partial charge in [0.05, 0.1) is 6.61 Å². The summed E-state index contributed by atoms with van der Waals surface area (Å²) in [5.74, 6) is 1.92. The van der Waals surface area contributed by atoms with Gasteiger partial charge in [-0.1, -0.05) is 31.5 Å². The number of benzene rings is 1. The Hall–Kier alpha value is -1.02. The monoisotopic (exact) mass is 220 g/mol. The first kappa shape index (κ1) is 11.5. The van der Waals surface area contributed by atoms with Gasteiger partial charge >= 0.3 is 0 Å². The van der Waals surface area contributed by atoms with Crippen LogP contribution in [0.3, 0.4) is 0 Å². The highest BCUT2D eigenvalue weighted by Crippen LogP contribution is 2.37. The van der Waals surface area contributed by atoms with E-state index in [-0.39, 0.29) is 0 Å². The van der Waals surface area contributed by atoms with Gasteiger partial charge in [-0.3, -0.25) is 0 Å². The Kier molecular flexibility index (Phi) is 3.83. The molecule has 2 atom stereocenters. The Morgan fingerprint density at radius 3 is 3.00 bits per heavy atom. The maximum atomic E-state index is 9.32. The summed E-state index contributed by atoms with van der Waals surface area (Å²) in [5, 5.41) is 9.32. The lowest BCUT2D eigenvalue weighted by atomic mass is 9.88. The maximum absolute atomic E-state index is 9.32. The minimum absolute atomic E-state index is 0.298. The van der Waals surface area contributed by atoms with Crippen LogP contribution in [0.2, 0.25) is 0 Å². The van der Waals surface area contributed by atoms with Crippen molar-refractivity contribution in [2.75, 3.05) is 13.2 Å². The molecule has 0 aliphatic carbocycles. The van der Waals surface area contributed by atoms with Gasteiger partial charge in [0.25, 0.3) is 0 Å². The van der Waals surface area contributed by atoms with Crippen molar-refractivity contribution in [2.45, 2.75) is 32.1 Å². The summed E-state index contributed by atoms with van der Waals surface area (Å²) in [6, 6.07) is 8.25. The zero-order valence-electron chi connectivity index (χ0n) is 9.86. The van der Waals surface area contributed by atoms with Crippen molar-refractivity contribution in [1.29, 1.82) is 0 Å². The summed E-state index contributed by atoms with van der Waals surface area (Å²) >= 11 is 0. The molecule has 0 saturated carbocycles. The number of ether oxygens (including phenoxy) is 1. The highest BCUT2D eigenvalue weighted by molar-refractivity contribution is 5.39. The van der Waals surface area contributed by atoms with E-state index >= 15 is 0 Å². The fourth-order valence-electron chi connectivity index (χ4n) is 2.52. The fraction of sp³-hybridized carbons (Fsp3) is 0.571. The highest BCUT2D eigenvalue weighted by atomic mass is 16.5. The molecule has 2 nitrogen and oxygen atoms in total. The lowest BCUT2D eigenvalue weighted by Crippen LogP contribution is -2.12. The quantitative estimate of drug-likeness (QED) is 0.826. The molecule has 2 rings (SSSR count). The Morgan fingerprint density at radius 1 is 1.44 bits per heavy atom. The third-order valence-corrected chi connectivity index (χ3v) is 3.37. The van der Waals surface area contributed by atoms with Crippen LogP contribution >= 0.6 is 0 Å². The van der Waals surface area contributed by atoms with Crippen LogP contribution in [0.5, 0.6) is 5.75 Å². The second-order valence-corrected chi connectivity index (χ2v) is 4.62. The van der Waals surface area contributed by atoms with Gasteiger partial charge in [-0.25, -0.2) is 0 Å². The van der Waals surface area contributed by atoms with E-state index in [2.05, 4.69) is 19.1 Å². The Bertz CT molecular complexity index is 335. The molecule has 2 unspecified atom stereocenters. The first-order valence-electron chi connectivity index (χ1n) is 6.17. The van der Waals surface area contributed by atoms with Crippen LogP contribution in [-0.4, -0.2) is 18.3 Å². The largest absolute Gasteiger partial charge is 0.493 e. The molecular weight excluding hydrogens is 200 g/mol. The Balaban J connectivity index is 2.02. The van der Waals surface area contributed by atoms with E-state index in [1.54, 1.807) is 0 Å². The summed E-state index contributed by atoms with van der Waals surface area (Å²) in [5.41, 5.74) is 1.32. The highest BCUT2D eigenvalue weighted by Gasteiger charge is 2.25. The second-order valence-electron chi connectivity index (χ2n) is 4.62. The van der Waals surface area contributed by atoms with E-state index in [1.807, 2.05) is 12.1 Å². The number of aliphatic hydroxyl groups excluding tert-OH is 1. The third kappa shape index (κ3) is 2.38. The lowest BCUT2D eigenvalue weighted by molar-refractivity contribution is 0.195. The molecular formula is C14H20O2. The third-order valence-electron chi connectivity index (χ3n) is 3.37. The molecule has 1 aromatic carbocycles. The van der Waals surface area contributed by atoms with Gasteiger partial charge in [0.1, 0.15) is 5.75 Å². The summed E-state index contributed by atoms with van der Waals surface area (Å²) < 4.78 is 5.65. The van der Waals surface area contributed by atoms with Crippen LogP contribution in [0.1, 0.15) is 37.7 Å². The number of fused-ring (bicyclic) bond motifs is 1. The van der Waals surface area contributed by atoms with Crippen molar-refractivity contribution in [3.8, 4) is 5.75 Å². The first-order valence-corrected chi connectivity index (χ1v) is 6.17. The smallest absolute Gasteiger partial charge is 0.122 e. The minimum Gasteiger partial charge on any atom is -0.493 e. The molecule has 0 fully saturated rings. The molecule has 0 saturated heterocycles. The fourth-order valence-corrected chi connectivity index (χ4v) is 2.52. The number of aliphatic hydroxyl groups is 1. The molecule has 1 N–H and O–H groups in total. The minimum atomic E-state index is 0.298. The molecule has 0 spiro atoms. The van der Waals surface area contributed by atoms with Crippen molar-refractivity contribution in [1.82, 2.24) is 0 Å². The average Bonchev–Trinajstić information content (AvgIpc) is 2.72. The molecule has 0 aromatic heterocycles. The van der Waals surface area contributed by atoms with E-state index in [9.17, 15) is 5.11 Å². The summed E-state index contributed by atoms with van der Waals surface area (Å²) in [6.07, 6.45) is 3.29. The van der Waals surface area contributed by atoms with Crippen LogP contribution in [0.15, 0.2) is 24.3 Å². The number of rotatable bonds is 5. The summed E-state index contributed by atoms with van der Waals surface area (Å²) in [6.45, 7) is 3.24. The summed E-state index contributed by atoms with van der Waals surface area (Å²) in [4.78, 5) is 0. The predicted molar refractivity (Wildman–Crippen MR) is 64.8 cm³/mol. The first-order chi connectivity index (χ1) is 7.85. The van der Waals surface area contributed by atoms with E-state index in [0.717, 1.165) is 31.6 Å². The standard InChI is InChI=1S/C14H20O2/c1-2-5-11(9-15)8-12-10-16-14-7-4-3-6-13(12)14/h3-4,6-7,11-12,15H,2,5,8-10H2,1H3. The molecule has 0 radical (unpaired) electrons. The summed E-state index contributed by atoms with van der Waals surface area (Å²) in [7, 11) is 0. The number of hydrogen-bond donors (Lipinski definition) is 1. The Labute approximate surface area is 97.3 Å². The second kappa shape index (κ2) is 5.35. The van der Waals surface area contributed by atoms with Gasteiger partial charge < -0.3 is 9.84 Å². The van der Waals surface area contributed by atoms with E-state index in [0.29, 0.717) is 18.4 Å². The molecule has 1 heterocycles. The lowest BCUT2D eigenvalue weighted by Gasteiger charge is -2.17. The van der Waals surface area contributed by atoms with Gasteiger partial charge in [0.2, 0.25) is 0 Å². The van der Waals surface area contributed by atoms with Crippen molar-refractivity contribution in [3.63, 3.8) is 0 Å². The Morgan fingerprint density at radius 2 is 2.25 bits per heavy atom. The van der Waals surface area contributed by atoms with Gasteiger partial charge in [-0.2, -0.15) is 0 Å². The molecule has 1 aliphatic heterocycles. The van der Waals surface area contributed by atoms with Crippen molar-refractivity contribution in [2.24, 2.45) is 5.92 Å². The van der Waals surface area contributed by atoms with Gasteiger partial charge in [0.15, 0.2) is 0 Å². The van der Waals surface area contributed by atoms with Crippen LogP contribution in [0, 0.1) is 5.92 Å². The molecule has 1 aliphatic rings. The maximum Gasteiger partial charge on any atom is 0.122 e. The van der Waals surface area contributed by atoms with Gasteiger partial charge in [0, 0.05) is 18.1 Å². The molecule has 0 amide bonds. The molecule has 88 valence electrons. The van der Waals surface area contributed by atoms with Crippen molar-refractivity contribution >= 4 is 0 Å². The molecule has 16 heavy (non-hydrogen) atoms. The number of hydrogen-bond acceptors (Lipinski definition) is 2. The topological polar surface area (TPSA) is 29.5 Å². The van der Waals surface area contributed by atoms with E-state index in [1.165, 1.54) is 5.56 Å². The predicted octanol–water partition coefficient (Wildman–Crippen LogP) is 2.96. The average molecular weight is 220 g/mol. The molecule has 1 aromatic rings. The SMILES string of the molecule is CCCC(CO)CC1COc2ccccc21. The van der Waals surface area contributed by atoms with Crippen molar-refractivity contribution in [3.05, 3.63) is 29.8 Å². The van der Waals surface area contributed by atoms with E-state index < -0.39 is 0 Å². The zero-order valence-corrected chi connectivity index (χ0v) is 9.86. The van der Waals surface area contributed by atoms with Crippen LogP contribution in [-0.2, 0) is 0 Å². The van der Waals surface area contributed by atoms with Crippen LogP contribution in [0.4, 0.5) is 0 Å². The number of para-hydroxylation sites is 1. The molecule has 2 heteroatoms. The normalized spacial score (nSPS) is 20.2. The zero-order chi connectivity index (χ0) is 11.4. The van der Waals surface area contributed by atoms with Crippen molar-refractivity contribution < 1.29 is 9.84 Å². The van der Waals surface area contributed by atoms with Crippen LogP contribution < -0.4 is 4.74 Å². The van der Waals surface area contributed by atoms with Gasteiger partial charge in [-0.15, -0.1) is 0 Å². The molecule has 0 bridgehead atoms.